The first kappa shape index (κ1) is 14.3. The van der Waals surface area contributed by atoms with Crippen LogP contribution in [0.4, 0.5) is 5.69 Å². The van der Waals surface area contributed by atoms with Gasteiger partial charge in [-0.05, 0) is 26.0 Å². The fraction of sp³-hybridized carbons (Fsp3) is 0.375. The largest absolute Gasteiger partial charge is 0.481 e. The molecule has 20 heavy (non-hydrogen) atoms. The Morgan fingerprint density at radius 1 is 1.40 bits per heavy atom. The Bertz CT molecular complexity index is 625. The van der Waals surface area contributed by atoms with Crippen molar-refractivity contribution >= 4 is 22.6 Å². The van der Waals surface area contributed by atoms with Gasteiger partial charge in [0.25, 0.3) is 0 Å². The Balaban J connectivity index is 2.46. The van der Waals surface area contributed by atoms with Gasteiger partial charge in [-0.3, -0.25) is 9.78 Å². The molecule has 1 aromatic carbocycles. The van der Waals surface area contributed by atoms with Gasteiger partial charge in [-0.1, -0.05) is 25.1 Å². The lowest BCUT2D eigenvalue weighted by Crippen LogP contribution is -2.31. The summed E-state index contributed by atoms with van der Waals surface area (Å²) in [6.07, 6.45) is 0. The topological polar surface area (TPSA) is 53.4 Å². The van der Waals surface area contributed by atoms with Crippen molar-refractivity contribution in [1.29, 1.82) is 0 Å². The first-order valence-corrected chi connectivity index (χ1v) is 6.87. The molecule has 4 heteroatoms. The lowest BCUT2D eigenvalue weighted by atomic mass is 10.1. The van der Waals surface area contributed by atoms with E-state index in [4.69, 9.17) is 5.11 Å². The molecule has 0 amide bonds. The van der Waals surface area contributed by atoms with Crippen LogP contribution in [-0.4, -0.2) is 29.1 Å². The minimum absolute atomic E-state index is 0.401. The predicted molar refractivity (Wildman–Crippen MR) is 81.2 cm³/mol. The van der Waals surface area contributed by atoms with Gasteiger partial charge in [0.1, 0.15) is 0 Å². The smallest absolute Gasteiger partial charge is 0.308 e. The number of aromatic nitrogens is 1. The average molecular weight is 272 g/mol. The van der Waals surface area contributed by atoms with Crippen LogP contribution in [-0.2, 0) is 4.79 Å². The maximum atomic E-state index is 11.1. The molecule has 1 atom stereocenters. The third-order valence-corrected chi connectivity index (χ3v) is 3.46. The van der Waals surface area contributed by atoms with E-state index < -0.39 is 11.9 Å². The van der Waals surface area contributed by atoms with Crippen molar-refractivity contribution < 1.29 is 9.90 Å². The highest BCUT2D eigenvalue weighted by Gasteiger charge is 2.17. The Kier molecular flexibility index (Phi) is 4.23. The van der Waals surface area contributed by atoms with Crippen molar-refractivity contribution in [2.45, 2.75) is 20.8 Å². The number of pyridine rings is 1. The number of rotatable bonds is 5. The fourth-order valence-electron chi connectivity index (χ4n) is 2.35. The number of aliphatic carboxylic acids is 1. The predicted octanol–water partition coefficient (Wildman–Crippen LogP) is 3.09. The number of carbonyl (C=O) groups is 1. The van der Waals surface area contributed by atoms with Crippen LogP contribution in [0.2, 0.25) is 0 Å². The second kappa shape index (κ2) is 5.90. The molecular weight excluding hydrogens is 252 g/mol. The second-order valence-corrected chi connectivity index (χ2v) is 5.08. The average Bonchev–Trinajstić information content (AvgIpc) is 2.43. The number of carboxylic acid groups (broad SMARTS) is 1. The third kappa shape index (κ3) is 2.90. The molecule has 0 aliphatic rings. The van der Waals surface area contributed by atoms with Crippen molar-refractivity contribution in [2.24, 2.45) is 5.92 Å². The van der Waals surface area contributed by atoms with Gasteiger partial charge in [-0.2, -0.15) is 0 Å². The molecule has 0 fully saturated rings. The van der Waals surface area contributed by atoms with E-state index in [2.05, 4.69) is 9.88 Å². The molecule has 0 saturated carbocycles. The molecule has 4 nitrogen and oxygen atoms in total. The highest BCUT2D eigenvalue weighted by molar-refractivity contribution is 5.92. The van der Waals surface area contributed by atoms with Crippen molar-refractivity contribution in [1.82, 2.24) is 4.98 Å². The number of nitrogens with zero attached hydrogens (tertiary/aromatic N) is 2. The normalized spacial score (nSPS) is 12.3. The summed E-state index contributed by atoms with van der Waals surface area (Å²) in [5, 5.41) is 10.2. The zero-order chi connectivity index (χ0) is 14.7. The molecule has 106 valence electrons. The Hall–Kier alpha value is -2.10. The maximum absolute atomic E-state index is 11.1. The van der Waals surface area contributed by atoms with Crippen LogP contribution in [0.3, 0.4) is 0 Å². The molecule has 0 aliphatic heterocycles. The van der Waals surface area contributed by atoms with E-state index in [0.29, 0.717) is 6.54 Å². The molecule has 2 aromatic rings. The van der Waals surface area contributed by atoms with Gasteiger partial charge in [-0.25, -0.2) is 0 Å². The summed E-state index contributed by atoms with van der Waals surface area (Å²) < 4.78 is 0. The van der Waals surface area contributed by atoms with Gasteiger partial charge in [0.15, 0.2) is 0 Å². The van der Waals surface area contributed by atoms with E-state index in [1.165, 1.54) is 0 Å². The van der Waals surface area contributed by atoms with E-state index in [1.54, 1.807) is 6.92 Å². The van der Waals surface area contributed by atoms with Crippen LogP contribution in [0.1, 0.15) is 19.5 Å². The first-order chi connectivity index (χ1) is 9.52. The minimum atomic E-state index is -0.765. The summed E-state index contributed by atoms with van der Waals surface area (Å²) in [7, 11) is 0. The van der Waals surface area contributed by atoms with Crippen molar-refractivity contribution in [3.05, 3.63) is 36.0 Å². The highest BCUT2D eigenvalue weighted by Crippen LogP contribution is 2.27. The van der Waals surface area contributed by atoms with Gasteiger partial charge >= 0.3 is 5.97 Å². The lowest BCUT2D eigenvalue weighted by Gasteiger charge is -2.26. The van der Waals surface area contributed by atoms with Gasteiger partial charge in [-0.15, -0.1) is 0 Å². The summed E-state index contributed by atoms with van der Waals surface area (Å²) in [4.78, 5) is 17.7. The third-order valence-electron chi connectivity index (χ3n) is 3.46. The Labute approximate surface area is 119 Å². The second-order valence-electron chi connectivity index (χ2n) is 5.08. The van der Waals surface area contributed by atoms with Crippen LogP contribution in [0.5, 0.6) is 0 Å². The molecule has 1 aromatic heterocycles. The minimum Gasteiger partial charge on any atom is -0.481 e. The quantitative estimate of drug-likeness (QED) is 0.908. The van der Waals surface area contributed by atoms with Crippen LogP contribution in [0.15, 0.2) is 30.3 Å². The Morgan fingerprint density at radius 2 is 2.10 bits per heavy atom. The van der Waals surface area contributed by atoms with Crippen molar-refractivity contribution in [2.75, 3.05) is 18.0 Å². The number of fused-ring (bicyclic) bond motifs is 1. The van der Waals surface area contributed by atoms with E-state index in [9.17, 15) is 4.79 Å². The fourth-order valence-corrected chi connectivity index (χ4v) is 2.35. The molecule has 1 heterocycles. The molecule has 2 rings (SSSR count). The summed E-state index contributed by atoms with van der Waals surface area (Å²) in [5.41, 5.74) is 2.95. The van der Waals surface area contributed by atoms with Crippen LogP contribution < -0.4 is 4.90 Å². The zero-order valence-electron chi connectivity index (χ0n) is 12.1. The molecule has 0 bridgehead atoms. The number of hydrogen-bond donors (Lipinski definition) is 1. The molecular formula is C16H20N2O2. The first-order valence-electron chi connectivity index (χ1n) is 6.87. The summed E-state index contributed by atoms with van der Waals surface area (Å²) in [6.45, 7) is 7.01. The monoisotopic (exact) mass is 272 g/mol. The van der Waals surface area contributed by atoms with Gasteiger partial charge in [0, 0.05) is 29.9 Å². The van der Waals surface area contributed by atoms with Gasteiger partial charge < -0.3 is 10.0 Å². The number of para-hydroxylation sites is 1. The van der Waals surface area contributed by atoms with E-state index in [-0.39, 0.29) is 0 Å². The molecule has 0 aliphatic carbocycles. The van der Waals surface area contributed by atoms with E-state index in [0.717, 1.165) is 28.8 Å². The zero-order valence-corrected chi connectivity index (χ0v) is 12.1. The SMILES string of the molecule is CCN(CC(C)C(=O)O)c1cc(C)nc2ccccc12. The van der Waals surface area contributed by atoms with Gasteiger partial charge in [0.2, 0.25) is 0 Å². The molecule has 0 radical (unpaired) electrons. The Morgan fingerprint density at radius 3 is 2.75 bits per heavy atom. The van der Waals surface area contributed by atoms with Crippen molar-refractivity contribution in [3.8, 4) is 0 Å². The van der Waals surface area contributed by atoms with Crippen LogP contribution in [0, 0.1) is 12.8 Å². The molecule has 0 spiro atoms. The van der Waals surface area contributed by atoms with Crippen molar-refractivity contribution in [3.63, 3.8) is 0 Å². The van der Waals surface area contributed by atoms with E-state index >= 15 is 0 Å². The molecule has 1 N–H and O–H groups in total. The number of aryl methyl sites for hydroxylation is 1. The molecule has 1 unspecified atom stereocenters. The van der Waals surface area contributed by atoms with Crippen LogP contribution >= 0.6 is 0 Å². The molecule has 0 saturated heterocycles. The van der Waals surface area contributed by atoms with Gasteiger partial charge in [0.05, 0.1) is 11.4 Å². The van der Waals surface area contributed by atoms with E-state index in [1.807, 2.05) is 44.2 Å². The number of carboxylic acids is 1. The standard InChI is InChI=1S/C16H20N2O2/c1-4-18(10-11(2)16(19)20)15-9-12(3)17-14-8-6-5-7-13(14)15/h5-9,11H,4,10H2,1-3H3,(H,19,20). The highest BCUT2D eigenvalue weighted by atomic mass is 16.4. The van der Waals surface area contributed by atoms with Crippen LogP contribution in [0.25, 0.3) is 10.9 Å². The summed E-state index contributed by atoms with van der Waals surface area (Å²) in [6, 6.07) is 10.00. The number of benzene rings is 1. The maximum Gasteiger partial charge on any atom is 0.308 e. The summed E-state index contributed by atoms with van der Waals surface area (Å²) >= 11 is 0. The number of hydrogen-bond acceptors (Lipinski definition) is 3. The lowest BCUT2D eigenvalue weighted by molar-refractivity contribution is -0.140. The number of anilines is 1. The summed E-state index contributed by atoms with van der Waals surface area (Å²) in [5.74, 6) is -1.17.